The van der Waals surface area contributed by atoms with Crippen LogP contribution in [0.5, 0.6) is 0 Å². The number of rotatable bonds is 24. The first-order valence-corrected chi connectivity index (χ1v) is 13.9. The fourth-order valence-electron chi connectivity index (χ4n) is 3.90. The lowest BCUT2D eigenvalue weighted by Crippen LogP contribution is -2.05. The zero-order chi connectivity index (χ0) is 22.7. The highest BCUT2D eigenvalue weighted by molar-refractivity contribution is 4.90. The van der Waals surface area contributed by atoms with Gasteiger partial charge in [0, 0.05) is 0 Å². The number of allylic oxidation sites excluding steroid dienone is 6. The van der Waals surface area contributed by atoms with Gasteiger partial charge >= 0.3 is 0 Å². The van der Waals surface area contributed by atoms with E-state index in [1.54, 1.807) is 0 Å². The summed E-state index contributed by atoms with van der Waals surface area (Å²) in [5.74, 6) is 0. The van der Waals surface area contributed by atoms with Crippen LogP contribution in [-0.4, -0.2) is 11.2 Å². The maximum Gasteiger partial charge on any atom is 0.0540 e. The Morgan fingerprint density at radius 1 is 0.419 bits per heavy atom. The van der Waals surface area contributed by atoms with Crippen molar-refractivity contribution < 1.29 is 5.11 Å². The lowest BCUT2D eigenvalue weighted by atomic mass is 10.0. The third-order valence-corrected chi connectivity index (χ3v) is 6.02. The Balaban J connectivity index is 3.27. The quantitative estimate of drug-likeness (QED) is 0.119. The lowest BCUT2D eigenvalue weighted by molar-refractivity contribution is 0.147. The first-order valence-electron chi connectivity index (χ1n) is 13.9. The number of aliphatic hydroxyl groups excluding tert-OH is 1. The molecule has 0 spiro atoms. The van der Waals surface area contributed by atoms with Gasteiger partial charge in [-0.2, -0.15) is 0 Å². The predicted molar refractivity (Wildman–Crippen MR) is 142 cm³/mol. The van der Waals surface area contributed by atoms with Crippen LogP contribution in [0.2, 0.25) is 0 Å². The number of aliphatic hydroxyl groups is 1. The first-order chi connectivity index (χ1) is 15.3. The Labute approximate surface area is 196 Å². The van der Waals surface area contributed by atoms with E-state index in [1.165, 1.54) is 122 Å². The largest absolute Gasteiger partial charge is 0.393 e. The molecule has 0 aliphatic carbocycles. The summed E-state index contributed by atoms with van der Waals surface area (Å²) in [7, 11) is 0. The summed E-state index contributed by atoms with van der Waals surface area (Å²) in [6, 6.07) is 0. The minimum Gasteiger partial charge on any atom is -0.393 e. The molecule has 0 saturated heterocycles. The SMILES string of the molecule is CCCCCCC=CCCC=CCCC=CCCCCCCCC[C@H](O)CCCCC. The molecule has 0 aromatic heterocycles. The monoisotopic (exact) mass is 432 g/mol. The van der Waals surface area contributed by atoms with Crippen molar-refractivity contribution in [2.75, 3.05) is 0 Å². The molecule has 0 unspecified atom stereocenters. The predicted octanol–water partition coefficient (Wildman–Crippen LogP) is 10.2. The number of unbranched alkanes of at least 4 members (excludes halogenated alkanes) is 14. The van der Waals surface area contributed by atoms with Crippen molar-refractivity contribution in [3.05, 3.63) is 36.5 Å². The second kappa shape index (κ2) is 27.2. The van der Waals surface area contributed by atoms with Crippen LogP contribution >= 0.6 is 0 Å². The minimum absolute atomic E-state index is 0.0477. The van der Waals surface area contributed by atoms with Gasteiger partial charge in [-0.05, 0) is 64.2 Å². The van der Waals surface area contributed by atoms with Gasteiger partial charge in [0.25, 0.3) is 0 Å². The van der Waals surface area contributed by atoms with Crippen molar-refractivity contribution in [1.29, 1.82) is 0 Å². The highest BCUT2D eigenvalue weighted by Crippen LogP contribution is 2.13. The second-order valence-electron chi connectivity index (χ2n) is 9.27. The van der Waals surface area contributed by atoms with Crippen molar-refractivity contribution >= 4 is 0 Å². The molecule has 0 amide bonds. The molecular formula is C30H56O. The molecule has 1 nitrogen and oxygen atoms in total. The van der Waals surface area contributed by atoms with Crippen molar-refractivity contribution in [2.45, 2.75) is 155 Å². The second-order valence-corrected chi connectivity index (χ2v) is 9.27. The van der Waals surface area contributed by atoms with Crippen LogP contribution in [0.1, 0.15) is 149 Å². The van der Waals surface area contributed by atoms with E-state index in [4.69, 9.17) is 0 Å². The van der Waals surface area contributed by atoms with E-state index in [9.17, 15) is 5.11 Å². The van der Waals surface area contributed by atoms with Gasteiger partial charge in [-0.3, -0.25) is 0 Å². The maximum atomic E-state index is 9.93. The number of hydrogen-bond acceptors (Lipinski definition) is 1. The molecule has 0 aromatic carbocycles. The van der Waals surface area contributed by atoms with Crippen LogP contribution in [0.3, 0.4) is 0 Å². The molecule has 0 radical (unpaired) electrons. The average molecular weight is 433 g/mol. The van der Waals surface area contributed by atoms with E-state index in [2.05, 4.69) is 50.3 Å². The van der Waals surface area contributed by atoms with Crippen molar-refractivity contribution in [3.63, 3.8) is 0 Å². The summed E-state index contributed by atoms with van der Waals surface area (Å²) in [4.78, 5) is 0. The summed E-state index contributed by atoms with van der Waals surface area (Å²) in [6.45, 7) is 4.49. The van der Waals surface area contributed by atoms with Crippen molar-refractivity contribution in [2.24, 2.45) is 0 Å². The lowest BCUT2D eigenvalue weighted by Gasteiger charge is -2.09. The molecule has 0 aliphatic heterocycles. The highest BCUT2D eigenvalue weighted by Gasteiger charge is 2.02. The molecule has 182 valence electrons. The first kappa shape index (κ1) is 30.2. The van der Waals surface area contributed by atoms with Crippen LogP contribution in [0.4, 0.5) is 0 Å². The fourth-order valence-corrected chi connectivity index (χ4v) is 3.90. The van der Waals surface area contributed by atoms with Gasteiger partial charge in [-0.25, -0.2) is 0 Å². The fraction of sp³-hybridized carbons (Fsp3) is 0.800. The standard InChI is InChI=1S/C30H56O/c1-3-5-7-8-9-10-11-12-13-14-15-16-17-18-19-20-21-22-23-24-25-27-29-30(31)28-26-6-4-2/h10-11,14-15,18-19,30-31H,3-9,12-13,16-17,20-29H2,1-2H3/t30-/m1/s1. The van der Waals surface area contributed by atoms with Gasteiger partial charge in [0.15, 0.2) is 0 Å². The topological polar surface area (TPSA) is 20.2 Å². The Kier molecular flexibility index (Phi) is 26.5. The van der Waals surface area contributed by atoms with Crippen LogP contribution in [-0.2, 0) is 0 Å². The summed E-state index contributed by atoms with van der Waals surface area (Å²) in [6.07, 6.45) is 40.4. The third kappa shape index (κ3) is 27.1. The molecule has 0 heterocycles. The molecule has 1 heteroatoms. The smallest absolute Gasteiger partial charge is 0.0540 e. The van der Waals surface area contributed by atoms with E-state index < -0.39 is 0 Å². The molecule has 31 heavy (non-hydrogen) atoms. The zero-order valence-electron chi connectivity index (χ0n) is 21.3. The molecular weight excluding hydrogens is 376 g/mol. The van der Waals surface area contributed by atoms with Crippen LogP contribution < -0.4 is 0 Å². The molecule has 0 bridgehead atoms. The third-order valence-electron chi connectivity index (χ3n) is 6.02. The van der Waals surface area contributed by atoms with E-state index in [0.717, 1.165) is 12.8 Å². The van der Waals surface area contributed by atoms with Crippen LogP contribution in [0.15, 0.2) is 36.5 Å². The molecule has 1 atom stereocenters. The number of hydrogen-bond donors (Lipinski definition) is 1. The van der Waals surface area contributed by atoms with E-state index in [-0.39, 0.29) is 6.10 Å². The van der Waals surface area contributed by atoms with Gasteiger partial charge in [0.05, 0.1) is 6.10 Å². The Morgan fingerprint density at radius 2 is 0.742 bits per heavy atom. The van der Waals surface area contributed by atoms with Gasteiger partial charge in [-0.1, -0.05) is 121 Å². The summed E-state index contributed by atoms with van der Waals surface area (Å²) in [5, 5.41) is 9.93. The normalized spacial score (nSPS) is 13.3. The Bertz CT molecular complexity index is 407. The van der Waals surface area contributed by atoms with Crippen molar-refractivity contribution in [3.8, 4) is 0 Å². The van der Waals surface area contributed by atoms with Crippen LogP contribution in [0, 0.1) is 0 Å². The van der Waals surface area contributed by atoms with Gasteiger partial charge in [0.1, 0.15) is 0 Å². The van der Waals surface area contributed by atoms with Crippen molar-refractivity contribution in [1.82, 2.24) is 0 Å². The molecule has 0 aliphatic rings. The summed E-state index contributed by atoms with van der Waals surface area (Å²) >= 11 is 0. The summed E-state index contributed by atoms with van der Waals surface area (Å²) in [5.41, 5.74) is 0. The zero-order valence-corrected chi connectivity index (χ0v) is 21.3. The van der Waals surface area contributed by atoms with Gasteiger partial charge in [-0.15, -0.1) is 0 Å². The Morgan fingerprint density at radius 3 is 1.23 bits per heavy atom. The minimum atomic E-state index is -0.0477. The van der Waals surface area contributed by atoms with E-state index in [0.29, 0.717) is 0 Å². The maximum absolute atomic E-state index is 9.93. The van der Waals surface area contributed by atoms with E-state index in [1.807, 2.05) is 0 Å². The van der Waals surface area contributed by atoms with Gasteiger partial charge < -0.3 is 5.11 Å². The van der Waals surface area contributed by atoms with Crippen LogP contribution in [0.25, 0.3) is 0 Å². The molecule has 0 saturated carbocycles. The molecule has 0 fully saturated rings. The summed E-state index contributed by atoms with van der Waals surface area (Å²) < 4.78 is 0. The molecule has 0 aromatic rings. The Hall–Kier alpha value is -0.820. The average Bonchev–Trinajstić information content (AvgIpc) is 2.77. The van der Waals surface area contributed by atoms with E-state index >= 15 is 0 Å². The molecule has 1 N–H and O–H groups in total. The van der Waals surface area contributed by atoms with Gasteiger partial charge in [0.2, 0.25) is 0 Å². The highest BCUT2D eigenvalue weighted by atomic mass is 16.3. The molecule has 0 rings (SSSR count).